The molecule has 5 rings (SSSR count). The van der Waals surface area contributed by atoms with E-state index < -0.39 is 6.04 Å². The van der Waals surface area contributed by atoms with E-state index in [1.807, 2.05) is 24.4 Å². The van der Waals surface area contributed by atoms with Gasteiger partial charge in [-0.05, 0) is 60.3 Å². The van der Waals surface area contributed by atoms with E-state index in [1.54, 1.807) is 42.5 Å². The summed E-state index contributed by atoms with van der Waals surface area (Å²) in [6, 6.07) is 14.7. The van der Waals surface area contributed by atoms with Gasteiger partial charge >= 0.3 is 6.03 Å². The molecule has 1 aliphatic rings. The van der Waals surface area contributed by atoms with E-state index in [2.05, 4.69) is 15.5 Å². The van der Waals surface area contributed by atoms with Crippen LogP contribution in [0.3, 0.4) is 0 Å². The number of hydrogen-bond donors (Lipinski definition) is 2. The van der Waals surface area contributed by atoms with Gasteiger partial charge in [0, 0.05) is 10.7 Å². The minimum absolute atomic E-state index is 0.0452. The van der Waals surface area contributed by atoms with Crippen LogP contribution in [0.5, 0.6) is 11.5 Å². The smallest absolute Gasteiger partial charge is 0.326 e. The number of amides is 2. The first-order chi connectivity index (χ1) is 16.5. The number of anilines is 1. The summed E-state index contributed by atoms with van der Waals surface area (Å²) < 4.78 is 10.8. The molecule has 0 spiro atoms. The van der Waals surface area contributed by atoms with Gasteiger partial charge in [-0.15, -0.1) is 11.3 Å². The number of phenols is 1. The van der Waals surface area contributed by atoms with Gasteiger partial charge in [-0.2, -0.15) is 4.98 Å². The summed E-state index contributed by atoms with van der Waals surface area (Å²) in [5.41, 5.74) is 2.47. The van der Waals surface area contributed by atoms with Crippen molar-refractivity contribution in [1.29, 1.82) is 0 Å². The third kappa shape index (κ3) is 3.89. The lowest BCUT2D eigenvalue weighted by molar-refractivity contribution is 0.244. The summed E-state index contributed by atoms with van der Waals surface area (Å²) in [6.45, 7) is 1.81. The van der Waals surface area contributed by atoms with Gasteiger partial charge < -0.3 is 19.7 Å². The second kappa shape index (κ2) is 8.85. The monoisotopic (exact) mass is 494 g/mol. The van der Waals surface area contributed by atoms with Crippen LogP contribution in [0.4, 0.5) is 10.5 Å². The number of ether oxygens (including phenoxy) is 1. The van der Waals surface area contributed by atoms with Crippen LogP contribution < -0.4 is 15.0 Å². The predicted molar refractivity (Wildman–Crippen MR) is 130 cm³/mol. The highest BCUT2D eigenvalue weighted by atomic mass is 35.5. The summed E-state index contributed by atoms with van der Waals surface area (Å²) in [7, 11) is 1.47. The number of halogens is 1. The number of carbonyl (C=O) groups excluding carboxylic acids is 1. The Labute approximate surface area is 204 Å². The fraction of sp³-hybridized carbons (Fsp3) is 0.125. The Morgan fingerprint density at radius 3 is 2.68 bits per heavy atom. The predicted octanol–water partition coefficient (Wildman–Crippen LogP) is 5.87. The number of hydrogen-bond acceptors (Lipinski definition) is 7. The summed E-state index contributed by atoms with van der Waals surface area (Å²) in [5, 5.41) is 20.0. The molecule has 1 aliphatic heterocycles. The highest BCUT2D eigenvalue weighted by Crippen LogP contribution is 2.41. The van der Waals surface area contributed by atoms with E-state index in [0.29, 0.717) is 39.1 Å². The van der Waals surface area contributed by atoms with Gasteiger partial charge in [0.2, 0.25) is 5.82 Å². The van der Waals surface area contributed by atoms with Crippen LogP contribution in [0, 0.1) is 0 Å². The quantitative estimate of drug-likeness (QED) is 0.360. The molecule has 10 heteroatoms. The Hall–Kier alpha value is -3.82. The fourth-order valence-electron chi connectivity index (χ4n) is 3.90. The van der Waals surface area contributed by atoms with Crippen molar-refractivity contribution in [3.05, 3.63) is 82.2 Å². The maximum absolute atomic E-state index is 13.2. The molecule has 0 saturated heterocycles. The molecular weight excluding hydrogens is 476 g/mol. The Morgan fingerprint density at radius 2 is 2.00 bits per heavy atom. The van der Waals surface area contributed by atoms with E-state index in [-0.39, 0.29) is 17.7 Å². The molecule has 2 N–H and O–H groups in total. The van der Waals surface area contributed by atoms with Gasteiger partial charge in [0.25, 0.3) is 5.89 Å². The summed E-state index contributed by atoms with van der Waals surface area (Å²) in [5.74, 6) is 1.00. The third-order valence-corrected chi connectivity index (χ3v) is 6.62. The molecule has 2 aromatic carbocycles. The Balaban J connectivity index is 1.66. The van der Waals surface area contributed by atoms with Crippen molar-refractivity contribution >= 4 is 40.2 Å². The van der Waals surface area contributed by atoms with Gasteiger partial charge in [0.15, 0.2) is 11.5 Å². The third-order valence-electron chi connectivity index (χ3n) is 5.50. The van der Waals surface area contributed by atoms with Crippen LogP contribution in [-0.2, 0) is 0 Å². The minimum atomic E-state index is -0.649. The molecule has 172 valence electrons. The van der Waals surface area contributed by atoms with Gasteiger partial charge in [0.05, 0.1) is 29.3 Å². The van der Waals surface area contributed by atoms with Gasteiger partial charge in [0.1, 0.15) is 0 Å². The largest absolute Gasteiger partial charge is 0.504 e. The van der Waals surface area contributed by atoms with Gasteiger partial charge in [-0.1, -0.05) is 28.9 Å². The molecule has 0 saturated carbocycles. The molecular formula is C24H19ClN4O4S. The number of rotatable bonds is 5. The molecule has 0 aliphatic carbocycles. The van der Waals surface area contributed by atoms with Crippen LogP contribution in [0.2, 0.25) is 5.02 Å². The Bertz CT molecular complexity index is 1380. The molecule has 2 amide bonds. The number of aromatic hydroxyl groups is 1. The molecule has 1 atom stereocenters. The zero-order valence-electron chi connectivity index (χ0n) is 18.2. The molecule has 2 aromatic heterocycles. The molecule has 4 aromatic rings. The lowest BCUT2D eigenvalue weighted by atomic mass is 9.94. The Kier molecular flexibility index (Phi) is 5.72. The summed E-state index contributed by atoms with van der Waals surface area (Å²) in [6.07, 6.45) is 0. The fourth-order valence-corrected chi connectivity index (χ4v) is 4.67. The first kappa shape index (κ1) is 22.0. The zero-order valence-corrected chi connectivity index (χ0v) is 19.7. The highest BCUT2D eigenvalue weighted by molar-refractivity contribution is 7.13. The number of methoxy groups -OCH3 is 1. The van der Waals surface area contributed by atoms with Gasteiger partial charge in [-0.3, -0.25) is 4.90 Å². The lowest BCUT2D eigenvalue weighted by Gasteiger charge is -2.35. The topological polar surface area (TPSA) is 101 Å². The molecule has 0 bridgehead atoms. The average molecular weight is 495 g/mol. The molecule has 8 nitrogen and oxygen atoms in total. The Morgan fingerprint density at radius 1 is 1.21 bits per heavy atom. The maximum Gasteiger partial charge on any atom is 0.326 e. The van der Waals surface area contributed by atoms with Crippen LogP contribution in [0.25, 0.3) is 16.3 Å². The number of phenolic OH excluding ortho intramolecular Hbond substituents is 1. The number of carbonyl (C=O) groups is 1. The molecule has 1 unspecified atom stereocenters. The van der Waals surface area contributed by atoms with Gasteiger partial charge in [-0.25, -0.2) is 4.79 Å². The number of thiophene rings is 1. The molecule has 3 heterocycles. The first-order valence-corrected chi connectivity index (χ1v) is 11.5. The number of nitrogens with zero attached hydrogens (tertiary/aromatic N) is 3. The van der Waals surface area contributed by atoms with Crippen molar-refractivity contribution in [2.45, 2.75) is 13.0 Å². The average Bonchev–Trinajstić information content (AvgIpc) is 3.52. The van der Waals surface area contributed by atoms with Crippen LogP contribution in [0.1, 0.15) is 24.4 Å². The molecule has 0 radical (unpaired) electrons. The van der Waals surface area contributed by atoms with Crippen LogP contribution in [-0.4, -0.2) is 28.4 Å². The van der Waals surface area contributed by atoms with E-state index >= 15 is 0 Å². The normalized spacial score (nSPS) is 16.0. The summed E-state index contributed by atoms with van der Waals surface area (Å²) in [4.78, 5) is 20.3. The molecule has 34 heavy (non-hydrogen) atoms. The minimum Gasteiger partial charge on any atom is -0.504 e. The highest BCUT2D eigenvalue weighted by Gasteiger charge is 2.37. The van der Waals surface area contributed by atoms with E-state index in [0.717, 1.165) is 4.88 Å². The summed E-state index contributed by atoms with van der Waals surface area (Å²) >= 11 is 7.54. The van der Waals surface area contributed by atoms with Crippen molar-refractivity contribution in [2.24, 2.45) is 0 Å². The van der Waals surface area contributed by atoms with Crippen molar-refractivity contribution in [3.63, 3.8) is 0 Å². The van der Waals surface area contributed by atoms with E-state index in [9.17, 15) is 9.90 Å². The van der Waals surface area contributed by atoms with Crippen molar-refractivity contribution in [3.8, 4) is 22.2 Å². The second-order valence-electron chi connectivity index (χ2n) is 7.53. The number of urea groups is 1. The van der Waals surface area contributed by atoms with Crippen LogP contribution >= 0.6 is 22.9 Å². The number of allylic oxidation sites excluding steroid dienone is 1. The maximum atomic E-state index is 13.2. The number of benzene rings is 2. The van der Waals surface area contributed by atoms with E-state index in [1.165, 1.54) is 23.3 Å². The van der Waals surface area contributed by atoms with Crippen LogP contribution in [0.15, 0.2) is 70.2 Å². The number of nitrogens with one attached hydrogen (secondary N) is 1. The zero-order chi connectivity index (χ0) is 23.8. The van der Waals surface area contributed by atoms with E-state index in [4.69, 9.17) is 20.9 Å². The number of aromatic nitrogens is 2. The first-order valence-electron chi connectivity index (χ1n) is 10.3. The second-order valence-corrected chi connectivity index (χ2v) is 8.91. The standard InChI is InChI=1S/C24H19ClN4O4S/c1-13-20(23-27-22(28-33-23)19-4-3-11-34-19)21(14-5-10-18(32-2)17(30)12-14)26-24(31)29(13)16-8-6-15(25)7-9-16/h3-12,21,30H,1-2H3,(H,26,31). The SMILES string of the molecule is COc1ccc(C2NC(=O)N(c3ccc(Cl)cc3)C(C)=C2c2nc(-c3cccs3)no2)cc1O. The van der Waals surface area contributed by atoms with Crippen molar-refractivity contribution < 1.29 is 19.2 Å². The van der Waals surface area contributed by atoms with Crippen molar-refractivity contribution in [1.82, 2.24) is 15.5 Å². The lowest BCUT2D eigenvalue weighted by Crippen LogP contribution is -2.46. The molecule has 0 fully saturated rings. The van der Waals surface area contributed by atoms with Crippen molar-refractivity contribution in [2.75, 3.05) is 12.0 Å².